The molecule has 128 valence electrons. The second kappa shape index (κ2) is 7.23. The first-order valence-corrected chi connectivity index (χ1v) is 8.43. The number of nitrogens with one attached hydrogen (secondary N) is 2. The molecule has 1 fully saturated rings. The van der Waals surface area contributed by atoms with Crippen molar-refractivity contribution in [1.82, 2.24) is 15.1 Å². The van der Waals surface area contributed by atoms with Crippen LogP contribution in [0.25, 0.3) is 0 Å². The van der Waals surface area contributed by atoms with Crippen molar-refractivity contribution in [2.75, 3.05) is 11.9 Å². The summed E-state index contributed by atoms with van der Waals surface area (Å²) in [5.74, 6) is 0. The molecule has 1 heterocycles. The minimum atomic E-state index is -0.483. The molecule has 3 N–H and O–H groups in total. The summed E-state index contributed by atoms with van der Waals surface area (Å²) in [7, 11) is 0. The third-order valence-electron chi connectivity index (χ3n) is 4.39. The molecule has 1 aliphatic rings. The standard InChI is InChI=1S/C17H21ClN4O2/c18-14-5-3-13(4-6-14)10-22-11-15(9-19-22)20-16(24)21-17(12-23)7-1-2-8-17/h3-6,9,11,23H,1-2,7-8,10,12H2,(H2,20,21,24). The van der Waals surface area contributed by atoms with Gasteiger partial charge >= 0.3 is 6.03 Å². The molecule has 0 aliphatic heterocycles. The molecule has 0 unspecified atom stereocenters. The summed E-state index contributed by atoms with van der Waals surface area (Å²) in [5, 5.41) is 20.2. The first-order chi connectivity index (χ1) is 11.6. The number of halogens is 1. The van der Waals surface area contributed by atoms with Gasteiger partial charge in [-0.15, -0.1) is 0 Å². The van der Waals surface area contributed by atoms with Gasteiger partial charge in [0.1, 0.15) is 0 Å². The molecule has 0 radical (unpaired) electrons. The average Bonchev–Trinajstić information content (AvgIpc) is 3.20. The maximum absolute atomic E-state index is 12.2. The van der Waals surface area contributed by atoms with Crippen LogP contribution in [0.4, 0.5) is 10.5 Å². The van der Waals surface area contributed by atoms with E-state index < -0.39 is 5.54 Å². The Labute approximate surface area is 145 Å². The van der Waals surface area contributed by atoms with Gasteiger partial charge in [-0.3, -0.25) is 4.68 Å². The fraction of sp³-hybridized carbons (Fsp3) is 0.412. The fourth-order valence-corrected chi connectivity index (χ4v) is 3.20. The Kier molecular flexibility index (Phi) is 5.06. The largest absolute Gasteiger partial charge is 0.394 e. The molecule has 0 bridgehead atoms. The summed E-state index contributed by atoms with van der Waals surface area (Å²) in [4.78, 5) is 12.2. The Morgan fingerprint density at radius 1 is 1.29 bits per heavy atom. The molecule has 0 atom stereocenters. The van der Waals surface area contributed by atoms with Gasteiger partial charge in [-0.05, 0) is 30.5 Å². The van der Waals surface area contributed by atoms with Crippen LogP contribution >= 0.6 is 11.6 Å². The highest BCUT2D eigenvalue weighted by atomic mass is 35.5. The van der Waals surface area contributed by atoms with Crippen molar-refractivity contribution in [3.05, 3.63) is 47.2 Å². The summed E-state index contributed by atoms with van der Waals surface area (Å²) < 4.78 is 1.75. The van der Waals surface area contributed by atoms with Gasteiger partial charge in [0.05, 0.1) is 30.6 Å². The predicted octanol–water partition coefficient (Wildman–Crippen LogP) is 3.01. The Bertz CT molecular complexity index is 693. The number of nitrogens with zero attached hydrogens (tertiary/aromatic N) is 2. The number of rotatable bonds is 5. The Hall–Kier alpha value is -2.05. The zero-order chi connectivity index (χ0) is 17.0. The normalized spacial score (nSPS) is 16.1. The van der Waals surface area contributed by atoms with Crippen LogP contribution < -0.4 is 10.6 Å². The molecule has 2 aromatic rings. The lowest BCUT2D eigenvalue weighted by Crippen LogP contribution is -2.50. The minimum Gasteiger partial charge on any atom is -0.394 e. The number of anilines is 1. The number of hydrogen-bond donors (Lipinski definition) is 3. The number of urea groups is 1. The van der Waals surface area contributed by atoms with Gasteiger partial charge in [-0.2, -0.15) is 5.10 Å². The molecule has 0 spiro atoms. The van der Waals surface area contributed by atoms with E-state index in [1.54, 1.807) is 17.1 Å². The third-order valence-corrected chi connectivity index (χ3v) is 4.64. The van der Waals surface area contributed by atoms with Crippen molar-refractivity contribution in [2.45, 2.75) is 37.8 Å². The predicted molar refractivity (Wildman–Crippen MR) is 93.2 cm³/mol. The third kappa shape index (κ3) is 4.07. The van der Waals surface area contributed by atoms with E-state index in [4.69, 9.17) is 11.6 Å². The van der Waals surface area contributed by atoms with Crippen LogP contribution in [-0.2, 0) is 6.54 Å². The molecular formula is C17H21ClN4O2. The maximum Gasteiger partial charge on any atom is 0.319 e. The second-order valence-electron chi connectivity index (χ2n) is 6.28. The average molecular weight is 349 g/mol. The maximum atomic E-state index is 12.2. The van der Waals surface area contributed by atoms with E-state index in [1.165, 1.54) is 0 Å². The Morgan fingerprint density at radius 2 is 2.00 bits per heavy atom. The minimum absolute atomic E-state index is 0.0315. The molecule has 24 heavy (non-hydrogen) atoms. The van der Waals surface area contributed by atoms with Crippen LogP contribution in [0.15, 0.2) is 36.7 Å². The monoisotopic (exact) mass is 348 g/mol. The van der Waals surface area contributed by atoms with Crippen molar-refractivity contribution in [3.63, 3.8) is 0 Å². The molecular weight excluding hydrogens is 328 g/mol. The van der Waals surface area contributed by atoms with Crippen molar-refractivity contribution in [3.8, 4) is 0 Å². The number of aliphatic hydroxyl groups is 1. The van der Waals surface area contributed by atoms with E-state index in [1.807, 2.05) is 24.3 Å². The summed E-state index contributed by atoms with van der Waals surface area (Å²) in [6.45, 7) is 0.567. The van der Waals surface area contributed by atoms with Crippen LogP contribution in [0, 0.1) is 0 Å². The summed E-state index contributed by atoms with van der Waals surface area (Å²) >= 11 is 5.87. The van der Waals surface area contributed by atoms with Crippen molar-refractivity contribution in [1.29, 1.82) is 0 Å². The number of carbonyl (C=O) groups excluding carboxylic acids is 1. The number of benzene rings is 1. The first kappa shape index (κ1) is 16.8. The highest BCUT2D eigenvalue weighted by Gasteiger charge is 2.34. The van der Waals surface area contributed by atoms with Crippen LogP contribution in [0.3, 0.4) is 0 Å². The van der Waals surface area contributed by atoms with Gasteiger partial charge in [0.15, 0.2) is 0 Å². The smallest absolute Gasteiger partial charge is 0.319 e. The molecule has 2 amide bonds. The van der Waals surface area contributed by atoms with Crippen LogP contribution in [0.2, 0.25) is 5.02 Å². The highest BCUT2D eigenvalue weighted by Crippen LogP contribution is 2.29. The van der Waals surface area contributed by atoms with Crippen molar-refractivity contribution < 1.29 is 9.90 Å². The Balaban J connectivity index is 1.57. The lowest BCUT2D eigenvalue weighted by Gasteiger charge is -2.27. The van der Waals surface area contributed by atoms with E-state index in [0.29, 0.717) is 17.3 Å². The number of amides is 2. The second-order valence-corrected chi connectivity index (χ2v) is 6.71. The Morgan fingerprint density at radius 3 is 2.67 bits per heavy atom. The lowest BCUT2D eigenvalue weighted by atomic mass is 9.99. The van der Waals surface area contributed by atoms with Crippen LogP contribution in [-0.4, -0.2) is 33.1 Å². The SMILES string of the molecule is O=C(Nc1cnn(Cc2ccc(Cl)cc2)c1)NC1(CO)CCCC1. The topological polar surface area (TPSA) is 79.2 Å². The molecule has 0 saturated heterocycles. The highest BCUT2D eigenvalue weighted by molar-refractivity contribution is 6.30. The zero-order valence-corrected chi connectivity index (χ0v) is 14.1. The molecule has 1 aromatic carbocycles. The number of aliphatic hydroxyl groups excluding tert-OH is 1. The van der Waals surface area contributed by atoms with Gasteiger partial charge in [0.25, 0.3) is 0 Å². The summed E-state index contributed by atoms with van der Waals surface area (Å²) in [6, 6.07) is 7.24. The quantitative estimate of drug-likeness (QED) is 0.777. The number of aromatic nitrogens is 2. The first-order valence-electron chi connectivity index (χ1n) is 8.05. The molecule has 1 saturated carbocycles. The van der Waals surface area contributed by atoms with E-state index in [2.05, 4.69) is 15.7 Å². The molecule has 1 aromatic heterocycles. The summed E-state index contributed by atoms with van der Waals surface area (Å²) in [6.07, 6.45) is 7.06. The van der Waals surface area contributed by atoms with E-state index >= 15 is 0 Å². The van der Waals surface area contributed by atoms with Gasteiger partial charge < -0.3 is 15.7 Å². The van der Waals surface area contributed by atoms with E-state index in [9.17, 15) is 9.90 Å². The number of carbonyl (C=O) groups is 1. The number of hydrogen-bond acceptors (Lipinski definition) is 3. The van der Waals surface area contributed by atoms with Gasteiger partial charge in [0, 0.05) is 11.2 Å². The lowest BCUT2D eigenvalue weighted by molar-refractivity contribution is 0.167. The molecule has 6 nitrogen and oxygen atoms in total. The van der Waals surface area contributed by atoms with Crippen LogP contribution in [0.5, 0.6) is 0 Å². The molecule has 7 heteroatoms. The van der Waals surface area contributed by atoms with Crippen LogP contribution in [0.1, 0.15) is 31.2 Å². The fourth-order valence-electron chi connectivity index (χ4n) is 3.07. The van der Waals surface area contributed by atoms with Gasteiger partial charge in [0.2, 0.25) is 0 Å². The van der Waals surface area contributed by atoms with Gasteiger partial charge in [-0.25, -0.2) is 4.79 Å². The van der Waals surface area contributed by atoms with E-state index in [-0.39, 0.29) is 12.6 Å². The van der Waals surface area contributed by atoms with Crippen molar-refractivity contribution >= 4 is 23.3 Å². The summed E-state index contributed by atoms with van der Waals surface area (Å²) in [5.41, 5.74) is 1.21. The van der Waals surface area contributed by atoms with Gasteiger partial charge in [-0.1, -0.05) is 36.6 Å². The molecule has 1 aliphatic carbocycles. The molecule has 3 rings (SSSR count). The van der Waals surface area contributed by atoms with E-state index in [0.717, 1.165) is 31.2 Å². The van der Waals surface area contributed by atoms with Crippen molar-refractivity contribution in [2.24, 2.45) is 0 Å². The zero-order valence-electron chi connectivity index (χ0n) is 13.3.